The lowest BCUT2D eigenvalue weighted by atomic mass is 9.88. The maximum atomic E-state index is 12.2. The van der Waals surface area contributed by atoms with Crippen LogP contribution in [0.25, 0.3) is 0 Å². The molecule has 2 aliphatic carbocycles. The van der Waals surface area contributed by atoms with Crippen molar-refractivity contribution in [2.24, 2.45) is 5.92 Å². The van der Waals surface area contributed by atoms with Gasteiger partial charge in [-0.2, -0.15) is 0 Å². The smallest absolute Gasteiger partial charge is 0.223 e. The highest BCUT2D eigenvalue weighted by Gasteiger charge is 2.27. The van der Waals surface area contributed by atoms with Gasteiger partial charge in [0, 0.05) is 23.3 Å². The predicted octanol–water partition coefficient (Wildman–Crippen LogP) is 2.28. The zero-order chi connectivity index (χ0) is 13.2. The highest BCUT2D eigenvalue weighted by Crippen LogP contribution is 2.29. The molecule has 1 amide bonds. The van der Waals surface area contributed by atoms with Gasteiger partial charge in [0.25, 0.3) is 0 Å². The van der Waals surface area contributed by atoms with Gasteiger partial charge in [0.2, 0.25) is 5.91 Å². The lowest BCUT2D eigenvalue weighted by molar-refractivity contribution is -0.126. The predicted molar refractivity (Wildman–Crippen MR) is 77.1 cm³/mol. The van der Waals surface area contributed by atoms with Crippen molar-refractivity contribution in [3.8, 4) is 0 Å². The standard InChI is InChI=1S/C14H21N3OS/c15-14-17-11-7-6-10(8-12(11)19-14)16-13(18)9-4-2-1-3-5-9/h9-10H,1-8H2,(H2,15,17)(H,16,18). The molecule has 1 aromatic rings. The van der Waals surface area contributed by atoms with E-state index in [2.05, 4.69) is 10.3 Å². The van der Waals surface area contributed by atoms with Gasteiger partial charge in [-0.3, -0.25) is 4.79 Å². The topological polar surface area (TPSA) is 68.0 Å². The molecule has 0 spiro atoms. The number of hydrogen-bond donors (Lipinski definition) is 2. The summed E-state index contributed by atoms with van der Waals surface area (Å²) in [7, 11) is 0. The van der Waals surface area contributed by atoms with Crippen LogP contribution in [0.3, 0.4) is 0 Å². The molecule has 5 heteroatoms. The largest absolute Gasteiger partial charge is 0.375 e. The Bertz CT molecular complexity index is 465. The second kappa shape index (κ2) is 5.49. The summed E-state index contributed by atoms with van der Waals surface area (Å²) in [5.41, 5.74) is 6.89. The molecule has 0 aromatic carbocycles. The van der Waals surface area contributed by atoms with Gasteiger partial charge in [0.1, 0.15) is 0 Å². The summed E-state index contributed by atoms with van der Waals surface area (Å²) < 4.78 is 0. The summed E-state index contributed by atoms with van der Waals surface area (Å²) in [5, 5.41) is 3.89. The van der Waals surface area contributed by atoms with Gasteiger partial charge in [-0.1, -0.05) is 19.3 Å². The van der Waals surface area contributed by atoms with Gasteiger partial charge in [0.15, 0.2) is 5.13 Å². The third kappa shape index (κ3) is 2.91. The molecule has 2 aliphatic rings. The van der Waals surface area contributed by atoms with Crippen LogP contribution in [0.15, 0.2) is 0 Å². The van der Waals surface area contributed by atoms with E-state index in [0.29, 0.717) is 5.13 Å². The minimum Gasteiger partial charge on any atom is -0.375 e. The number of anilines is 1. The Morgan fingerprint density at radius 3 is 2.84 bits per heavy atom. The van der Waals surface area contributed by atoms with Crippen LogP contribution >= 0.6 is 11.3 Å². The molecule has 0 bridgehead atoms. The first kappa shape index (κ1) is 12.9. The normalized spacial score (nSPS) is 23.9. The first-order valence-electron chi connectivity index (χ1n) is 7.27. The minimum atomic E-state index is 0.252. The number of nitrogens with two attached hydrogens (primary N) is 1. The van der Waals surface area contributed by atoms with Crippen LogP contribution < -0.4 is 11.1 Å². The molecule has 4 nitrogen and oxygen atoms in total. The maximum Gasteiger partial charge on any atom is 0.223 e. The zero-order valence-corrected chi connectivity index (χ0v) is 12.0. The third-order valence-electron chi connectivity index (χ3n) is 4.28. The molecule has 1 heterocycles. The molecule has 1 fully saturated rings. The number of nitrogens with zero attached hydrogens (tertiary/aromatic N) is 1. The third-order valence-corrected chi connectivity index (χ3v) is 5.23. The zero-order valence-electron chi connectivity index (χ0n) is 11.2. The molecule has 1 unspecified atom stereocenters. The first-order chi connectivity index (χ1) is 9.22. The second-order valence-corrected chi connectivity index (χ2v) is 6.82. The van der Waals surface area contributed by atoms with Crippen molar-refractivity contribution in [1.82, 2.24) is 10.3 Å². The Morgan fingerprint density at radius 2 is 2.05 bits per heavy atom. The summed E-state index contributed by atoms with van der Waals surface area (Å²) in [4.78, 5) is 17.8. The number of thiazole rings is 1. The summed E-state index contributed by atoms with van der Waals surface area (Å²) in [6.45, 7) is 0. The van der Waals surface area contributed by atoms with Crippen LogP contribution in [0.1, 0.15) is 49.1 Å². The molecule has 0 aliphatic heterocycles. The SMILES string of the molecule is Nc1nc2c(s1)CC(NC(=O)C1CCCCC1)CC2. The molecule has 19 heavy (non-hydrogen) atoms. The van der Waals surface area contributed by atoms with Crippen molar-refractivity contribution >= 4 is 22.4 Å². The van der Waals surface area contributed by atoms with Crippen molar-refractivity contribution < 1.29 is 4.79 Å². The Hall–Kier alpha value is -1.10. The number of carbonyl (C=O) groups is 1. The first-order valence-corrected chi connectivity index (χ1v) is 8.08. The van der Waals surface area contributed by atoms with E-state index in [1.165, 1.54) is 24.1 Å². The van der Waals surface area contributed by atoms with Crippen LogP contribution in [0.5, 0.6) is 0 Å². The summed E-state index contributed by atoms with van der Waals surface area (Å²) in [6, 6.07) is 0.279. The van der Waals surface area contributed by atoms with E-state index in [1.54, 1.807) is 11.3 Å². The fourth-order valence-electron chi connectivity index (χ4n) is 3.20. The monoisotopic (exact) mass is 279 g/mol. The Morgan fingerprint density at radius 1 is 1.26 bits per heavy atom. The van der Waals surface area contributed by atoms with Gasteiger partial charge in [0.05, 0.1) is 5.69 Å². The maximum absolute atomic E-state index is 12.2. The summed E-state index contributed by atoms with van der Waals surface area (Å²) in [5.74, 6) is 0.521. The number of fused-ring (bicyclic) bond motifs is 1. The fourth-order valence-corrected chi connectivity index (χ4v) is 4.16. The summed E-state index contributed by atoms with van der Waals surface area (Å²) in [6.07, 6.45) is 8.68. The number of nitrogen functional groups attached to an aromatic ring is 1. The van der Waals surface area contributed by atoms with Gasteiger partial charge in [-0.05, 0) is 25.7 Å². The van der Waals surface area contributed by atoms with E-state index < -0.39 is 0 Å². The molecule has 1 saturated carbocycles. The van der Waals surface area contributed by atoms with Gasteiger partial charge in [-0.25, -0.2) is 4.98 Å². The molecule has 1 aromatic heterocycles. The molecule has 3 N–H and O–H groups in total. The van der Waals surface area contributed by atoms with Gasteiger partial charge < -0.3 is 11.1 Å². The number of hydrogen-bond acceptors (Lipinski definition) is 4. The summed E-state index contributed by atoms with van der Waals surface area (Å²) >= 11 is 1.57. The van der Waals surface area contributed by atoms with E-state index in [-0.39, 0.29) is 17.9 Å². The number of rotatable bonds is 2. The van der Waals surface area contributed by atoms with Gasteiger partial charge >= 0.3 is 0 Å². The lowest BCUT2D eigenvalue weighted by Crippen LogP contribution is -2.42. The van der Waals surface area contributed by atoms with E-state index in [0.717, 1.165) is 37.8 Å². The molecule has 0 radical (unpaired) electrons. The van der Waals surface area contributed by atoms with E-state index >= 15 is 0 Å². The molecule has 104 valence electrons. The van der Waals surface area contributed by atoms with E-state index in [9.17, 15) is 4.79 Å². The van der Waals surface area contributed by atoms with Crippen molar-refractivity contribution in [2.75, 3.05) is 5.73 Å². The highest BCUT2D eigenvalue weighted by atomic mass is 32.1. The van der Waals surface area contributed by atoms with Crippen LogP contribution in [0.4, 0.5) is 5.13 Å². The minimum absolute atomic E-state index is 0.252. The molecule has 1 atom stereocenters. The number of aromatic nitrogens is 1. The van der Waals surface area contributed by atoms with Crippen molar-refractivity contribution in [2.45, 2.75) is 57.4 Å². The number of aryl methyl sites for hydroxylation is 1. The van der Waals surface area contributed by atoms with Crippen LogP contribution in [0.2, 0.25) is 0 Å². The van der Waals surface area contributed by atoms with Crippen LogP contribution in [-0.4, -0.2) is 16.9 Å². The number of amides is 1. The molecule has 3 rings (SSSR count). The van der Waals surface area contributed by atoms with E-state index in [4.69, 9.17) is 5.73 Å². The molecular weight excluding hydrogens is 258 g/mol. The lowest BCUT2D eigenvalue weighted by Gasteiger charge is -2.26. The average molecular weight is 279 g/mol. The number of carbonyl (C=O) groups excluding carboxylic acids is 1. The number of nitrogens with one attached hydrogen (secondary N) is 1. The van der Waals surface area contributed by atoms with Gasteiger partial charge in [-0.15, -0.1) is 11.3 Å². The average Bonchev–Trinajstić information content (AvgIpc) is 2.79. The molecule has 0 saturated heterocycles. The quantitative estimate of drug-likeness (QED) is 0.872. The second-order valence-electron chi connectivity index (χ2n) is 5.71. The Kier molecular flexibility index (Phi) is 3.73. The van der Waals surface area contributed by atoms with Crippen molar-refractivity contribution in [1.29, 1.82) is 0 Å². The Labute approximate surface area is 117 Å². The van der Waals surface area contributed by atoms with Crippen LogP contribution in [-0.2, 0) is 17.6 Å². The Balaban J connectivity index is 1.57. The highest BCUT2D eigenvalue weighted by molar-refractivity contribution is 7.15. The molecular formula is C14H21N3OS. The van der Waals surface area contributed by atoms with Crippen molar-refractivity contribution in [3.63, 3.8) is 0 Å². The van der Waals surface area contributed by atoms with E-state index in [1.807, 2.05) is 0 Å². The fraction of sp³-hybridized carbons (Fsp3) is 0.714. The van der Waals surface area contributed by atoms with Crippen molar-refractivity contribution in [3.05, 3.63) is 10.6 Å². The van der Waals surface area contributed by atoms with Crippen LogP contribution in [0, 0.1) is 5.92 Å².